The molecule has 1 heterocycles. The van der Waals surface area contributed by atoms with E-state index in [1.165, 1.54) is 38.5 Å². The predicted molar refractivity (Wildman–Crippen MR) is 134 cm³/mol. The number of nitrogens with zero attached hydrogens (tertiary/aromatic N) is 1. The lowest BCUT2D eigenvalue weighted by atomic mass is 9.53. The molecule has 0 radical (unpaired) electrons. The first-order chi connectivity index (χ1) is 15.7. The molecule has 172 valence electrons. The second-order valence-electron chi connectivity index (χ2n) is 12.0. The van der Waals surface area contributed by atoms with Crippen molar-refractivity contribution < 1.29 is 9.53 Å². The number of benzene rings is 2. The predicted octanol–water partition coefficient (Wildman–Crippen LogP) is 7.03. The molecule has 1 aromatic heterocycles. The van der Waals surface area contributed by atoms with Gasteiger partial charge in [0.25, 0.3) is 0 Å². The van der Waals surface area contributed by atoms with Crippen molar-refractivity contribution in [1.82, 2.24) is 4.98 Å². The number of ether oxygens (including phenoxy) is 1. The van der Waals surface area contributed by atoms with Crippen LogP contribution in [-0.2, 0) is 4.74 Å². The van der Waals surface area contributed by atoms with Gasteiger partial charge in [-0.1, -0.05) is 18.2 Å². The number of fused-ring (bicyclic) bond motifs is 3. The van der Waals surface area contributed by atoms with E-state index in [9.17, 15) is 4.79 Å². The van der Waals surface area contributed by atoms with E-state index in [1.54, 1.807) is 0 Å². The lowest BCUT2D eigenvalue weighted by Gasteiger charge is -2.57. The number of esters is 1. The minimum Gasteiger partial charge on any atom is -0.456 e. The number of hydrogen-bond acceptors (Lipinski definition) is 4. The quantitative estimate of drug-likeness (QED) is 0.349. The standard InChI is InChI=1S/C29H34N2O2/c1-17-6-5-7-21-23(17)16-30-26-24(9-8-22(25(21)26)27(32)33-28(2,3)4)31-29-13-18-10-19(14-29)12-20(11-18)15-29/h5-9,16,18-20,31H,10-15H2,1-4H3. The van der Waals surface area contributed by atoms with Gasteiger partial charge < -0.3 is 10.1 Å². The van der Waals surface area contributed by atoms with Crippen LogP contribution in [0.15, 0.2) is 36.5 Å². The average molecular weight is 443 g/mol. The monoisotopic (exact) mass is 442 g/mol. The van der Waals surface area contributed by atoms with Gasteiger partial charge in [0.1, 0.15) is 5.60 Å². The van der Waals surface area contributed by atoms with Crippen LogP contribution < -0.4 is 5.32 Å². The van der Waals surface area contributed by atoms with Crippen molar-refractivity contribution in [2.75, 3.05) is 5.32 Å². The molecule has 2 aromatic carbocycles. The summed E-state index contributed by atoms with van der Waals surface area (Å²) in [4.78, 5) is 18.2. The van der Waals surface area contributed by atoms with E-state index in [0.717, 1.165) is 50.7 Å². The van der Waals surface area contributed by atoms with Crippen LogP contribution in [0.25, 0.3) is 21.7 Å². The van der Waals surface area contributed by atoms with Crippen LogP contribution in [0.5, 0.6) is 0 Å². The maximum Gasteiger partial charge on any atom is 0.339 e. The molecule has 4 nitrogen and oxygen atoms in total. The summed E-state index contributed by atoms with van der Waals surface area (Å²) in [5.74, 6) is 2.32. The zero-order valence-corrected chi connectivity index (χ0v) is 20.2. The molecule has 4 bridgehead atoms. The van der Waals surface area contributed by atoms with Crippen LogP contribution in [-0.4, -0.2) is 22.1 Å². The van der Waals surface area contributed by atoms with Gasteiger partial charge in [0.05, 0.1) is 16.8 Å². The van der Waals surface area contributed by atoms with E-state index in [1.807, 2.05) is 33.0 Å². The Hall–Kier alpha value is -2.62. The number of pyridine rings is 1. The van der Waals surface area contributed by atoms with Crippen LogP contribution in [0.3, 0.4) is 0 Å². The Kier molecular flexibility index (Phi) is 4.56. The number of nitrogens with one attached hydrogen (secondary N) is 1. The van der Waals surface area contributed by atoms with Gasteiger partial charge >= 0.3 is 5.97 Å². The first-order valence-electron chi connectivity index (χ1n) is 12.5. The third-order valence-corrected chi connectivity index (χ3v) is 8.15. The van der Waals surface area contributed by atoms with Crippen molar-refractivity contribution in [2.24, 2.45) is 17.8 Å². The highest BCUT2D eigenvalue weighted by Crippen LogP contribution is 2.57. The summed E-state index contributed by atoms with van der Waals surface area (Å²) in [6.07, 6.45) is 10.0. The highest BCUT2D eigenvalue weighted by molar-refractivity contribution is 6.18. The third kappa shape index (κ3) is 3.59. The number of aromatic nitrogens is 1. The van der Waals surface area contributed by atoms with E-state index in [4.69, 9.17) is 9.72 Å². The number of aryl methyl sites for hydroxylation is 1. The van der Waals surface area contributed by atoms with Gasteiger partial charge in [-0.2, -0.15) is 0 Å². The largest absolute Gasteiger partial charge is 0.456 e. The van der Waals surface area contributed by atoms with E-state index in [0.29, 0.717) is 5.56 Å². The van der Waals surface area contributed by atoms with E-state index < -0.39 is 5.60 Å². The maximum atomic E-state index is 13.3. The molecule has 4 aliphatic carbocycles. The van der Waals surface area contributed by atoms with Crippen molar-refractivity contribution in [1.29, 1.82) is 0 Å². The fourth-order valence-electron chi connectivity index (χ4n) is 7.35. The second-order valence-corrected chi connectivity index (χ2v) is 12.0. The molecule has 0 aliphatic heterocycles. The Bertz CT molecular complexity index is 1230. The van der Waals surface area contributed by atoms with Crippen molar-refractivity contribution >= 4 is 33.3 Å². The Balaban J connectivity index is 1.50. The van der Waals surface area contributed by atoms with Gasteiger partial charge in [-0.05, 0) is 107 Å². The van der Waals surface area contributed by atoms with Crippen LogP contribution in [0, 0.1) is 24.7 Å². The smallest absolute Gasteiger partial charge is 0.339 e. The summed E-state index contributed by atoms with van der Waals surface area (Å²) in [6, 6.07) is 10.3. The number of carbonyl (C=O) groups is 1. The fourth-order valence-corrected chi connectivity index (χ4v) is 7.35. The summed E-state index contributed by atoms with van der Waals surface area (Å²) in [5.41, 5.74) is 3.33. The van der Waals surface area contributed by atoms with Gasteiger partial charge in [0.2, 0.25) is 0 Å². The van der Waals surface area contributed by atoms with Crippen LogP contribution in [0.2, 0.25) is 0 Å². The first kappa shape index (κ1) is 20.9. The molecule has 4 fully saturated rings. The van der Waals surface area contributed by atoms with Crippen molar-refractivity contribution in [2.45, 2.75) is 77.4 Å². The lowest BCUT2D eigenvalue weighted by Crippen LogP contribution is -2.54. The highest BCUT2D eigenvalue weighted by Gasteiger charge is 2.51. The minimum absolute atomic E-state index is 0.179. The van der Waals surface area contributed by atoms with Crippen LogP contribution in [0.4, 0.5) is 5.69 Å². The van der Waals surface area contributed by atoms with Crippen LogP contribution in [0.1, 0.15) is 75.2 Å². The molecular weight excluding hydrogens is 408 g/mol. The van der Waals surface area contributed by atoms with Crippen LogP contribution >= 0.6 is 0 Å². The number of carbonyl (C=O) groups excluding carboxylic acids is 1. The third-order valence-electron chi connectivity index (χ3n) is 8.15. The Morgan fingerprint density at radius 1 is 1.00 bits per heavy atom. The Morgan fingerprint density at radius 3 is 2.30 bits per heavy atom. The number of rotatable bonds is 3. The number of hydrogen-bond donors (Lipinski definition) is 1. The second kappa shape index (κ2) is 7.19. The Labute approximate surface area is 196 Å². The average Bonchev–Trinajstić information content (AvgIpc) is 2.71. The van der Waals surface area contributed by atoms with E-state index in [2.05, 4.69) is 36.5 Å². The molecule has 1 N–H and O–H groups in total. The zero-order valence-electron chi connectivity index (χ0n) is 20.2. The van der Waals surface area contributed by atoms with Gasteiger partial charge in [0.15, 0.2) is 0 Å². The molecule has 0 spiro atoms. The van der Waals surface area contributed by atoms with E-state index >= 15 is 0 Å². The molecule has 0 amide bonds. The Morgan fingerprint density at radius 2 is 1.67 bits per heavy atom. The summed E-state index contributed by atoms with van der Waals surface area (Å²) < 4.78 is 5.80. The van der Waals surface area contributed by atoms with Crippen molar-refractivity contribution in [3.63, 3.8) is 0 Å². The SMILES string of the molecule is Cc1cccc2c1cnc1c(NC34CC5CC(CC(C5)C3)C4)ccc(C(=O)OC(C)(C)C)c12. The summed E-state index contributed by atoms with van der Waals surface area (Å²) in [6.45, 7) is 7.84. The summed E-state index contributed by atoms with van der Waals surface area (Å²) in [7, 11) is 0. The minimum atomic E-state index is -0.548. The van der Waals surface area contributed by atoms with Gasteiger partial charge in [-0.3, -0.25) is 4.98 Å². The van der Waals surface area contributed by atoms with Gasteiger partial charge in [-0.25, -0.2) is 4.79 Å². The summed E-state index contributed by atoms with van der Waals surface area (Å²) >= 11 is 0. The van der Waals surface area contributed by atoms with E-state index in [-0.39, 0.29) is 11.5 Å². The molecular formula is C29H34N2O2. The fraction of sp³-hybridized carbons (Fsp3) is 0.517. The van der Waals surface area contributed by atoms with Crippen molar-refractivity contribution in [3.05, 3.63) is 47.7 Å². The molecule has 4 saturated carbocycles. The number of anilines is 1. The molecule has 4 heteroatoms. The van der Waals surface area contributed by atoms with Crippen molar-refractivity contribution in [3.8, 4) is 0 Å². The first-order valence-corrected chi connectivity index (χ1v) is 12.5. The molecule has 33 heavy (non-hydrogen) atoms. The molecule has 3 aromatic rings. The topological polar surface area (TPSA) is 51.2 Å². The maximum absolute atomic E-state index is 13.3. The molecule has 4 aliphatic rings. The molecule has 0 atom stereocenters. The van der Waals surface area contributed by atoms with Gasteiger partial charge in [0, 0.05) is 22.5 Å². The molecule has 0 saturated heterocycles. The zero-order chi connectivity index (χ0) is 23.0. The lowest BCUT2D eigenvalue weighted by molar-refractivity contribution is 0.00718. The molecule has 0 unspecified atom stereocenters. The van der Waals surface area contributed by atoms with Gasteiger partial charge in [-0.15, -0.1) is 0 Å². The highest BCUT2D eigenvalue weighted by atomic mass is 16.6. The summed E-state index contributed by atoms with van der Waals surface area (Å²) in [5, 5.41) is 7.06. The molecule has 7 rings (SSSR count). The normalized spacial score (nSPS) is 28.4.